The minimum atomic E-state index is -3.48. The molecule has 106 valence electrons. The highest BCUT2D eigenvalue weighted by Crippen LogP contribution is 2.36. The van der Waals surface area contributed by atoms with E-state index >= 15 is 0 Å². The highest BCUT2D eigenvalue weighted by Gasteiger charge is 2.27. The fourth-order valence-electron chi connectivity index (χ4n) is 2.29. The zero-order chi connectivity index (χ0) is 14.3. The molecule has 1 atom stereocenters. The third-order valence-corrected chi connectivity index (χ3v) is 7.74. The van der Waals surface area contributed by atoms with Crippen molar-refractivity contribution in [2.75, 3.05) is 6.54 Å². The van der Waals surface area contributed by atoms with E-state index in [4.69, 9.17) is 11.6 Å². The van der Waals surface area contributed by atoms with Crippen LogP contribution in [0.2, 0.25) is 5.02 Å². The number of hydrogen-bond acceptors (Lipinski definition) is 3. The molecule has 1 heterocycles. The van der Waals surface area contributed by atoms with E-state index in [0.29, 0.717) is 15.4 Å². The molecule has 0 saturated carbocycles. The molecule has 1 aliphatic carbocycles. The predicted molar refractivity (Wildman–Crippen MR) is 85.1 cm³/mol. The summed E-state index contributed by atoms with van der Waals surface area (Å²) in [6, 6.07) is 9.58. The Kier molecular flexibility index (Phi) is 3.94. The Balaban J connectivity index is 1.70. The average Bonchev–Trinajstić information content (AvgIpc) is 2.72. The van der Waals surface area contributed by atoms with Gasteiger partial charge in [-0.25, -0.2) is 13.1 Å². The Hall–Kier alpha value is -0.400. The molecule has 7 heteroatoms. The lowest BCUT2D eigenvalue weighted by Gasteiger charge is -2.29. The highest BCUT2D eigenvalue weighted by atomic mass is 79.9. The molecule has 1 N–H and O–H groups in total. The first-order valence-electron chi connectivity index (χ1n) is 5.99. The minimum absolute atomic E-state index is 0.238. The molecule has 2 aromatic rings. The van der Waals surface area contributed by atoms with Crippen molar-refractivity contribution in [2.24, 2.45) is 0 Å². The summed E-state index contributed by atoms with van der Waals surface area (Å²) in [5.41, 5.74) is 2.54. The van der Waals surface area contributed by atoms with E-state index in [1.807, 2.05) is 12.1 Å². The smallest absolute Gasteiger partial charge is 0.210 e. The van der Waals surface area contributed by atoms with Crippen LogP contribution in [0.25, 0.3) is 0 Å². The second-order valence-electron chi connectivity index (χ2n) is 4.64. The molecule has 0 spiro atoms. The van der Waals surface area contributed by atoms with E-state index < -0.39 is 10.0 Å². The van der Waals surface area contributed by atoms with Crippen LogP contribution in [0.4, 0.5) is 0 Å². The SMILES string of the molecule is O=S(=O)(NCC1Cc2ccccc21)c1cc(Cl)c(Br)s1. The number of fused-ring (bicyclic) bond motifs is 1. The van der Waals surface area contributed by atoms with Gasteiger partial charge in [-0.1, -0.05) is 35.9 Å². The molecule has 1 unspecified atom stereocenters. The monoisotopic (exact) mass is 391 g/mol. The van der Waals surface area contributed by atoms with Crippen LogP contribution >= 0.6 is 38.9 Å². The Bertz CT molecular complexity index is 738. The molecule has 0 bridgehead atoms. The molecule has 1 aliphatic rings. The first-order chi connectivity index (χ1) is 9.47. The maximum Gasteiger partial charge on any atom is 0.250 e. The largest absolute Gasteiger partial charge is 0.250 e. The number of hydrogen-bond donors (Lipinski definition) is 1. The third kappa shape index (κ3) is 2.67. The zero-order valence-corrected chi connectivity index (χ0v) is 14.2. The van der Waals surface area contributed by atoms with Crippen LogP contribution in [-0.2, 0) is 16.4 Å². The molecular weight excluding hydrogens is 382 g/mol. The Labute approximate surface area is 135 Å². The summed E-state index contributed by atoms with van der Waals surface area (Å²) in [5.74, 6) is 0.264. The average molecular weight is 393 g/mol. The van der Waals surface area contributed by atoms with E-state index in [9.17, 15) is 8.42 Å². The van der Waals surface area contributed by atoms with Crippen molar-refractivity contribution in [1.29, 1.82) is 0 Å². The maximum absolute atomic E-state index is 12.2. The lowest BCUT2D eigenvalue weighted by Crippen LogP contribution is -2.32. The lowest BCUT2D eigenvalue weighted by atomic mass is 9.78. The Morgan fingerprint density at radius 1 is 1.40 bits per heavy atom. The predicted octanol–water partition coefficient (Wildman–Crippen LogP) is 3.78. The quantitative estimate of drug-likeness (QED) is 0.860. The van der Waals surface area contributed by atoms with Crippen molar-refractivity contribution in [2.45, 2.75) is 16.5 Å². The van der Waals surface area contributed by atoms with Crippen LogP contribution in [0.1, 0.15) is 17.0 Å². The molecule has 0 radical (unpaired) electrons. The van der Waals surface area contributed by atoms with Crippen molar-refractivity contribution in [3.8, 4) is 0 Å². The van der Waals surface area contributed by atoms with Crippen molar-refractivity contribution < 1.29 is 8.42 Å². The zero-order valence-electron chi connectivity index (χ0n) is 10.3. The van der Waals surface area contributed by atoms with E-state index in [2.05, 4.69) is 32.8 Å². The molecule has 20 heavy (non-hydrogen) atoms. The first kappa shape index (κ1) is 14.5. The number of sulfonamides is 1. The Morgan fingerprint density at radius 3 is 2.80 bits per heavy atom. The number of benzene rings is 1. The van der Waals surface area contributed by atoms with Gasteiger partial charge in [-0.3, -0.25) is 0 Å². The number of halogens is 2. The summed E-state index contributed by atoms with van der Waals surface area (Å²) in [5, 5.41) is 0.421. The van der Waals surface area contributed by atoms with Gasteiger partial charge in [0.25, 0.3) is 0 Å². The summed E-state index contributed by atoms with van der Waals surface area (Å²) >= 11 is 10.2. The summed E-state index contributed by atoms with van der Waals surface area (Å²) in [4.78, 5) is 0. The minimum Gasteiger partial charge on any atom is -0.210 e. The van der Waals surface area contributed by atoms with Gasteiger partial charge in [-0.05, 0) is 39.5 Å². The highest BCUT2D eigenvalue weighted by molar-refractivity contribution is 9.11. The molecule has 3 nitrogen and oxygen atoms in total. The van der Waals surface area contributed by atoms with Crippen LogP contribution in [-0.4, -0.2) is 15.0 Å². The molecule has 0 amide bonds. The van der Waals surface area contributed by atoms with Gasteiger partial charge in [0.1, 0.15) is 4.21 Å². The van der Waals surface area contributed by atoms with Gasteiger partial charge in [-0.15, -0.1) is 11.3 Å². The van der Waals surface area contributed by atoms with Gasteiger partial charge in [0, 0.05) is 12.5 Å². The van der Waals surface area contributed by atoms with Crippen LogP contribution in [0.5, 0.6) is 0 Å². The molecular formula is C13H11BrClNO2S2. The van der Waals surface area contributed by atoms with E-state index in [1.165, 1.54) is 17.2 Å². The van der Waals surface area contributed by atoms with Gasteiger partial charge in [0.15, 0.2) is 0 Å². The first-order valence-corrected chi connectivity index (χ1v) is 9.47. The van der Waals surface area contributed by atoms with Crippen LogP contribution in [0.3, 0.4) is 0 Å². The van der Waals surface area contributed by atoms with Crippen molar-refractivity contribution in [3.05, 3.63) is 50.3 Å². The van der Waals surface area contributed by atoms with Crippen LogP contribution in [0.15, 0.2) is 38.3 Å². The topological polar surface area (TPSA) is 46.2 Å². The summed E-state index contributed by atoms with van der Waals surface area (Å²) < 4.78 is 27.9. The van der Waals surface area contributed by atoms with Gasteiger partial charge in [-0.2, -0.15) is 0 Å². The van der Waals surface area contributed by atoms with Crippen LogP contribution < -0.4 is 4.72 Å². The summed E-state index contributed by atoms with van der Waals surface area (Å²) in [6.45, 7) is 0.423. The lowest BCUT2D eigenvalue weighted by molar-refractivity contribution is 0.553. The van der Waals surface area contributed by atoms with E-state index in [0.717, 1.165) is 17.8 Å². The number of nitrogens with one attached hydrogen (secondary N) is 1. The van der Waals surface area contributed by atoms with Crippen molar-refractivity contribution in [1.82, 2.24) is 4.72 Å². The normalized spacial score (nSPS) is 17.6. The number of thiophene rings is 1. The molecule has 3 rings (SSSR count). The molecule has 0 saturated heterocycles. The van der Waals surface area contributed by atoms with Gasteiger partial charge >= 0.3 is 0 Å². The number of rotatable bonds is 4. The third-order valence-electron chi connectivity index (χ3n) is 3.37. The summed E-state index contributed by atoms with van der Waals surface area (Å²) in [6.07, 6.45) is 0.924. The van der Waals surface area contributed by atoms with Crippen molar-refractivity contribution in [3.63, 3.8) is 0 Å². The van der Waals surface area contributed by atoms with Gasteiger partial charge < -0.3 is 0 Å². The van der Waals surface area contributed by atoms with Gasteiger partial charge in [0.2, 0.25) is 10.0 Å². The maximum atomic E-state index is 12.2. The second-order valence-corrected chi connectivity index (χ2v) is 9.41. The molecule has 1 aromatic carbocycles. The molecule has 0 fully saturated rings. The summed E-state index contributed by atoms with van der Waals surface area (Å²) in [7, 11) is -3.48. The molecule has 0 aliphatic heterocycles. The van der Waals surface area contributed by atoms with Crippen LogP contribution in [0, 0.1) is 0 Å². The van der Waals surface area contributed by atoms with Crippen molar-refractivity contribution >= 4 is 48.9 Å². The fraction of sp³-hybridized carbons (Fsp3) is 0.231. The van der Waals surface area contributed by atoms with Gasteiger partial charge in [0.05, 0.1) is 8.81 Å². The molecule has 1 aromatic heterocycles. The van der Waals surface area contributed by atoms with E-state index in [1.54, 1.807) is 0 Å². The Morgan fingerprint density at radius 2 is 2.15 bits per heavy atom. The fourth-order valence-corrected chi connectivity index (χ4v) is 5.81. The second kappa shape index (κ2) is 5.42. The standard InChI is InChI=1S/C13H11BrClNO2S2/c14-13-11(15)6-12(19-13)20(17,18)16-7-9-5-8-3-1-2-4-10(8)9/h1-4,6,9,16H,5,7H2. The van der Waals surface area contributed by atoms with E-state index in [-0.39, 0.29) is 10.1 Å².